The van der Waals surface area contributed by atoms with Crippen LogP contribution in [-0.4, -0.2) is 59.1 Å². The first kappa shape index (κ1) is 20.1. The van der Waals surface area contributed by atoms with Crippen molar-refractivity contribution in [3.05, 3.63) is 29.4 Å². The predicted molar refractivity (Wildman–Crippen MR) is 88.8 cm³/mol. The van der Waals surface area contributed by atoms with Crippen molar-refractivity contribution in [2.45, 2.75) is 25.7 Å². The molecule has 3 rings (SSSR count). The molecule has 2 heterocycles. The molecule has 0 spiro atoms. The van der Waals surface area contributed by atoms with Gasteiger partial charge >= 0.3 is 12.1 Å². The molecule has 0 saturated heterocycles. The number of benzene rings is 1. The van der Waals surface area contributed by atoms with Gasteiger partial charge in [-0.25, -0.2) is 4.39 Å². The predicted octanol–water partition coefficient (Wildman–Crippen LogP) is 2.57. The molecule has 1 aliphatic heterocycles. The van der Waals surface area contributed by atoms with Crippen molar-refractivity contribution in [1.82, 2.24) is 19.9 Å². The van der Waals surface area contributed by atoms with Crippen LogP contribution in [0.1, 0.15) is 18.4 Å². The molecule has 11 heteroatoms. The van der Waals surface area contributed by atoms with Gasteiger partial charge in [0, 0.05) is 11.1 Å². The van der Waals surface area contributed by atoms with Gasteiger partial charge in [-0.2, -0.15) is 18.2 Å². The lowest BCUT2D eigenvalue weighted by Crippen LogP contribution is -2.44. The molecule has 0 bridgehead atoms. The van der Waals surface area contributed by atoms with Crippen LogP contribution in [0.5, 0.6) is 5.75 Å². The van der Waals surface area contributed by atoms with E-state index in [1.165, 1.54) is 11.0 Å². The third-order valence-corrected chi connectivity index (χ3v) is 4.19. The maximum Gasteiger partial charge on any atom is 0.471 e. The average molecular weight is 402 g/mol. The Hall–Kier alpha value is -2.69. The SMILES string of the molecule is CC1COc2cc(-c3noc(C(F)(F)F)n3)cc(F)c2CN1C(=O)CN(C)C. The van der Waals surface area contributed by atoms with Gasteiger partial charge in [-0.15, -0.1) is 0 Å². The zero-order valence-electron chi connectivity index (χ0n) is 15.4. The minimum absolute atomic E-state index is 0.0174. The largest absolute Gasteiger partial charge is 0.491 e. The van der Waals surface area contributed by atoms with Gasteiger partial charge in [-0.05, 0) is 33.2 Å². The highest BCUT2D eigenvalue weighted by atomic mass is 19.4. The van der Waals surface area contributed by atoms with Crippen molar-refractivity contribution in [1.29, 1.82) is 0 Å². The van der Waals surface area contributed by atoms with Crippen molar-refractivity contribution in [2.24, 2.45) is 0 Å². The van der Waals surface area contributed by atoms with Gasteiger partial charge in [-0.3, -0.25) is 4.79 Å². The molecule has 1 unspecified atom stereocenters. The molecule has 1 aromatic carbocycles. The molecule has 0 N–H and O–H groups in total. The summed E-state index contributed by atoms with van der Waals surface area (Å²) >= 11 is 0. The van der Waals surface area contributed by atoms with Crippen LogP contribution < -0.4 is 4.74 Å². The molecule has 152 valence electrons. The molecular weight excluding hydrogens is 384 g/mol. The van der Waals surface area contributed by atoms with Crippen LogP contribution in [0.2, 0.25) is 0 Å². The Morgan fingerprint density at radius 3 is 2.68 bits per heavy atom. The Morgan fingerprint density at radius 2 is 2.07 bits per heavy atom. The number of amides is 1. The normalized spacial score (nSPS) is 17.3. The maximum absolute atomic E-state index is 14.7. The fourth-order valence-corrected chi connectivity index (χ4v) is 2.80. The topological polar surface area (TPSA) is 71.7 Å². The number of ether oxygens (including phenoxy) is 1. The van der Waals surface area contributed by atoms with Crippen LogP contribution in [0, 0.1) is 5.82 Å². The summed E-state index contributed by atoms with van der Waals surface area (Å²) in [6.45, 7) is 2.01. The summed E-state index contributed by atoms with van der Waals surface area (Å²) in [5.41, 5.74) is 0.121. The van der Waals surface area contributed by atoms with Crippen molar-refractivity contribution in [2.75, 3.05) is 27.2 Å². The summed E-state index contributed by atoms with van der Waals surface area (Å²) in [4.78, 5) is 18.9. The summed E-state index contributed by atoms with van der Waals surface area (Å²) < 4.78 is 62.4. The fourth-order valence-electron chi connectivity index (χ4n) is 2.80. The minimum Gasteiger partial charge on any atom is -0.491 e. The van der Waals surface area contributed by atoms with Crippen LogP contribution in [0.3, 0.4) is 0 Å². The molecule has 1 aromatic heterocycles. The van der Waals surface area contributed by atoms with E-state index in [1.54, 1.807) is 25.9 Å². The lowest BCUT2D eigenvalue weighted by Gasteiger charge is -2.27. The van der Waals surface area contributed by atoms with E-state index >= 15 is 0 Å². The Balaban J connectivity index is 1.93. The van der Waals surface area contributed by atoms with E-state index in [1.807, 2.05) is 0 Å². The zero-order chi connectivity index (χ0) is 20.6. The monoisotopic (exact) mass is 402 g/mol. The molecule has 0 aliphatic carbocycles. The summed E-state index contributed by atoms with van der Waals surface area (Å²) in [6, 6.07) is 2.03. The number of carbonyl (C=O) groups excluding carboxylic acids is 1. The number of halogens is 4. The second-order valence-electron chi connectivity index (χ2n) is 6.78. The summed E-state index contributed by atoms with van der Waals surface area (Å²) in [6.07, 6.45) is -4.80. The van der Waals surface area contributed by atoms with Gasteiger partial charge < -0.3 is 19.1 Å². The van der Waals surface area contributed by atoms with Crippen molar-refractivity contribution < 1.29 is 31.6 Å². The first-order valence-electron chi connectivity index (χ1n) is 8.37. The molecule has 0 radical (unpaired) electrons. The van der Waals surface area contributed by atoms with E-state index < -0.39 is 23.7 Å². The lowest BCUT2D eigenvalue weighted by molar-refractivity contribution is -0.159. The number of alkyl halides is 3. The van der Waals surface area contributed by atoms with E-state index in [2.05, 4.69) is 14.7 Å². The number of hydrogen-bond donors (Lipinski definition) is 0. The number of rotatable bonds is 3. The quantitative estimate of drug-likeness (QED) is 0.735. The molecule has 2 aromatic rings. The van der Waals surface area contributed by atoms with Gasteiger partial charge in [0.25, 0.3) is 0 Å². The number of likely N-dealkylation sites (N-methyl/N-ethyl adjacent to an activating group) is 1. The molecule has 0 fully saturated rings. The molecular formula is C17H18F4N4O3. The summed E-state index contributed by atoms with van der Waals surface area (Å²) in [7, 11) is 3.50. The van der Waals surface area contributed by atoms with Crippen LogP contribution in [0.4, 0.5) is 17.6 Å². The zero-order valence-corrected chi connectivity index (χ0v) is 15.4. The Morgan fingerprint density at radius 1 is 1.36 bits per heavy atom. The van der Waals surface area contributed by atoms with Gasteiger partial charge in [0.15, 0.2) is 0 Å². The van der Waals surface area contributed by atoms with E-state index in [0.29, 0.717) is 0 Å². The number of fused-ring (bicyclic) bond motifs is 1. The van der Waals surface area contributed by atoms with E-state index in [-0.39, 0.29) is 48.5 Å². The van der Waals surface area contributed by atoms with Gasteiger partial charge in [0.2, 0.25) is 11.7 Å². The Labute approximate surface area is 157 Å². The van der Waals surface area contributed by atoms with Crippen molar-refractivity contribution >= 4 is 5.91 Å². The first-order chi connectivity index (χ1) is 13.1. The highest BCUT2D eigenvalue weighted by Gasteiger charge is 2.38. The standard InChI is InChI=1S/C17H18F4N4O3/c1-9-8-27-13-5-10(15-22-16(28-23-15)17(19,20)21)4-12(18)11(13)6-25(9)14(26)7-24(2)3/h4-5,9H,6-8H2,1-3H3. The highest BCUT2D eigenvalue weighted by Crippen LogP contribution is 2.34. The average Bonchev–Trinajstić information content (AvgIpc) is 3.02. The van der Waals surface area contributed by atoms with E-state index in [0.717, 1.165) is 6.07 Å². The minimum atomic E-state index is -4.80. The van der Waals surface area contributed by atoms with Crippen molar-refractivity contribution in [3.8, 4) is 17.1 Å². The van der Waals surface area contributed by atoms with Crippen molar-refractivity contribution in [3.63, 3.8) is 0 Å². The second-order valence-corrected chi connectivity index (χ2v) is 6.78. The molecule has 7 nitrogen and oxygen atoms in total. The number of nitrogens with zero attached hydrogens (tertiary/aromatic N) is 4. The fraction of sp³-hybridized carbons (Fsp3) is 0.471. The first-order valence-corrected chi connectivity index (χ1v) is 8.37. The Kier molecular flexibility index (Phi) is 5.28. The number of carbonyl (C=O) groups is 1. The van der Waals surface area contributed by atoms with Crippen LogP contribution in [-0.2, 0) is 17.5 Å². The third kappa shape index (κ3) is 4.08. The molecule has 1 amide bonds. The number of aromatic nitrogens is 2. The van der Waals surface area contributed by atoms with Crippen LogP contribution in [0.25, 0.3) is 11.4 Å². The Bertz CT molecular complexity index is 882. The van der Waals surface area contributed by atoms with Gasteiger partial charge in [0.05, 0.1) is 19.1 Å². The number of hydrogen-bond acceptors (Lipinski definition) is 6. The lowest BCUT2D eigenvalue weighted by atomic mass is 10.1. The molecule has 28 heavy (non-hydrogen) atoms. The smallest absolute Gasteiger partial charge is 0.471 e. The molecule has 0 saturated carbocycles. The highest BCUT2D eigenvalue weighted by molar-refractivity contribution is 5.79. The van der Waals surface area contributed by atoms with Crippen LogP contribution in [0.15, 0.2) is 16.7 Å². The summed E-state index contributed by atoms with van der Waals surface area (Å²) in [5, 5.41) is 3.26. The van der Waals surface area contributed by atoms with Gasteiger partial charge in [0.1, 0.15) is 18.2 Å². The van der Waals surface area contributed by atoms with E-state index in [4.69, 9.17) is 4.74 Å². The maximum atomic E-state index is 14.7. The van der Waals surface area contributed by atoms with Gasteiger partial charge in [-0.1, -0.05) is 5.16 Å². The summed E-state index contributed by atoms with van der Waals surface area (Å²) in [5.74, 6) is -2.73. The molecule has 1 aliphatic rings. The van der Waals surface area contributed by atoms with Crippen LogP contribution >= 0.6 is 0 Å². The third-order valence-electron chi connectivity index (χ3n) is 4.19. The second kappa shape index (κ2) is 7.38. The molecule has 1 atom stereocenters. The van der Waals surface area contributed by atoms with E-state index in [9.17, 15) is 22.4 Å².